The molecule has 248 valence electrons. The van der Waals surface area contributed by atoms with Crippen LogP contribution in [0.25, 0.3) is 0 Å². The molecular formula is C32H31Cl2F6N3O3. The molecule has 2 unspecified atom stereocenters. The fourth-order valence-electron chi connectivity index (χ4n) is 5.02. The first-order chi connectivity index (χ1) is 21.5. The average Bonchev–Trinajstić information content (AvgIpc) is 3.00. The Labute approximate surface area is 271 Å². The van der Waals surface area contributed by atoms with Gasteiger partial charge in [-0.05, 0) is 67.8 Å². The second kappa shape index (κ2) is 15.3. The molecule has 2 atom stereocenters. The van der Waals surface area contributed by atoms with Crippen LogP contribution in [0.4, 0.5) is 26.3 Å². The maximum Gasteiger partial charge on any atom is 0.416 e. The van der Waals surface area contributed by atoms with Gasteiger partial charge in [0.05, 0.1) is 39.2 Å². The first-order valence-corrected chi connectivity index (χ1v) is 14.8. The van der Waals surface area contributed by atoms with Crippen molar-refractivity contribution in [2.24, 2.45) is 0 Å². The fraction of sp³-hybridized carbons (Fsp3) is 0.344. The first-order valence-electron chi connectivity index (χ1n) is 14.1. The molecule has 6 nitrogen and oxygen atoms in total. The van der Waals surface area contributed by atoms with Crippen LogP contribution in [0.2, 0.25) is 10.0 Å². The monoisotopic (exact) mass is 689 g/mol. The zero-order chi connectivity index (χ0) is 34.3. The summed E-state index contributed by atoms with van der Waals surface area (Å²) >= 11 is 12.1. The molecule has 3 N–H and O–H groups in total. The van der Waals surface area contributed by atoms with Crippen molar-refractivity contribution in [1.82, 2.24) is 16.0 Å². The van der Waals surface area contributed by atoms with E-state index in [-0.39, 0.29) is 28.4 Å². The normalized spacial score (nSPS) is 13.9. The molecule has 3 aromatic rings. The standard InChI is InChI=1S/C32H31Cl2F6N3O3/c1-3-30(19(2)44,22-7-5-4-6-8-22)11-12-41-18-28(45)43-27(20-9-10-25(33)26(34)15-20)17-42-29(46)21-13-23(31(35,36)37)16-24(14-21)32(38,39)40/h4-10,13-16,27,41H,3,11-12,17-18H2,1-2H3,(H,42,46)(H,43,45). The van der Waals surface area contributed by atoms with Crippen molar-refractivity contribution in [3.63, 3.8) is 0 Å². The molecule has 0 aromatic heterocycles. The molecule has 0 saturated heterocycles. The molecule has 3 aromatic carbocycles. The van der Waals surface area contributed by atoms with Gasteiger partial charge in [-0.3, -0.25) is 14.4 Å². The van der Waals surface area contributed by atoms with Crippen LogP contribution in [0.5, 0.6) is 0 Å². The molecular weight excluding hydrogens is 659 g/mol. The molecule has 0 saturated carbocycles. The average molecular weight is 691 g/mol. The Hall–Kier alpha value is -3.61. The smallest absolute Gasteiger partial charge is 0.350 e. The predicted molar refractivity (Wildman–Crippen MR) is 163 cm³/mol. The summed E-state index contributed by atoms with van der Waals surface area (Å²) in [5, 5.41) is 8.27. The van der Waals surface area contributed by atoms with E-state index in [1.807, 2.05) is 37.3 Å². The van der Waals surface area contributed by atoms with Crippen LogP contribution in [0, 0.1) is 0 Å². The zero-order valence-electron chi connectivity index (χ0n) is 24.7. The fourth-order valence-corrected chi connectivity index (χ4v) is 5.33. The molecule has 0 spiro atoms. The Morgan fingerprint density at radius 1 is 0.804 bits per heavy atom. The van der Waals surface area contributed by atoms with E-state index in [1.54, 1.807) is 0 Å². The Balaban J connectivity index is 1.74. The molecule has 0 aliphatic heterocycles. The summed E-state index contributed by atoms with van der Waals surface area (Å²) in [5.41, 5.74) is -3.70. The Kier molecular flexibility index (Phi) is 12.3. The van der Waals surface area contributed by atoms with Gasteiger partial charge in [0.15, 0.2) is 0 Å². The third-order valence-electron chi connectivity index (χ3n) is 7.62. The summed E-state index contributed by atoms with van der Waals surface area (Å²) in [6.45, 7) is 3.09. The number of nitrogens with one attached hydrogen (secondary N) is 3. The molecule has 0 fully saturated rings. The topological polar surface area (TPSA) is 87.3 Å². The number of carbonyl (C=O) groups excluding carboxylic acids is 3. The van der Waals surface area contributed by atoms with Crippen molar-refractivity contribution in [3.05, 3.63) is 105 Å². The van der Waals surface area contributed by atoms with Gasteiger partial charge >= 0.3 is 12.4 Å². The number of hydrogen-bond donors (Lipinski definition) is 3. The Morgan fingerprint density at radius 3 is 1.93 bits per heavy atom. The van der Waals surface area contributed by atoms with E-state index in [4.69, 9.17) is 23.2 Å². The van der Waals surface area contributed by atoms with Crippen LogP contribution in [0.1, 0.15) is 65.3 Å². The number of benzene rings is 3. The van der Waals surface area contributed by atoms with E-state index in [0.717, 1.165) is 5.56 Å². The minimum Gasteiger partial charge on any atom is -0.350 e. The molecule has 3 rings (SSSR count). The highest BCUT2D eigenvalue weighted by molar-refractivity contribution is 6.42. The quantitative estimate of drug-likeness (QED) is 0.128. The van der Waals surface area contributed by atoms with Crippen molar-refractivity contribution in [1.29, 1.82) is 0 Å². The van der Waals surface area contributed by atoms with E-state index >= 15 is 0 Å². The van der Waals surface area contributed by atoms with Crippen molar-refractivity contribution < 1.29 is 40.7 Å². The second-order valence-corrected chi connectivity index (χ2v) is 11.4. The number of rotatable bonds is 13. The summed E-state index contributed by atoms with van der Waals surface area (Å²) in [6.07, 6.45) is -9.33. The molecule has 0 heterocycles. The van der Waals surface area contributed by atoms with Crippen molar-refractivity contribution in [2.75, 3.05) is 19.6 Å². The lowest BCUT2D eigenvalue weighted by Crippen LogP contribution is -2.43. The Bertz CT molecular complexity index is 1520. The minimum absolute atomic E-state index is 0.0222. The third-order valence-corrected chi connectivity index (χ3v) is 8.35. The summed E-state index contributed by atoms with van der Waals surface area (Å²) < 4.78 is 79.8. The van der Waals surface area contributed by atoms with Gasteiger partial charge < -0.3 is 16.0 Å². The summed E-state index contributed by atoms with van der Waals surface area (Å²) in [5.74, 6) is -1.80. The molecule has 0 bridgehead atoms. The van der Waals surface area contributed by atoms with E-state index in [9.17, 15) is 40.7 Å². The molecule has 0 aliphatic rings. The number of carbonyl (C=O) groups is 3. The summed E-state index contributed by atoms with van der Waals surface area (Å²) in [4.78, 5) is 38.4. The van der Waals surface area contributed by atoms with Crippen LogP contribution in [-0.2, 0) is 27.4 Å². The van der Waals surface area contributed by atoms with Gasteiger partial charge in [0.1, 0.15) is 5.78 Å². The van der Waals surface area contributed by atoms with Crippen LogP contribution in [-0.4, -0.2) is 37.2 Å². The van der Waals surface area contributed by atoms with Crippen LogP contribution >= 0.6 is 23.2 Å². The molecule has 14 heteroatoms. The highest BCUT2D eigenvalue weighted by atomic mass is 35.5. The van der Waals surface area contributed by atoms with Gasteiger partial charge in [0.2, 0.25) is 5.91 Å². The van der Waals surface area contributed by atoms with E-state index in [2.05, 4.69) is 16.0 Å². The molecule has 46 heavy (non-hydrogen) atoms. The lowest BCUT2D eigenvalue weighted by molar-refractivity contribution is -0.143. The van der Waals surface area contributed by atoms with Gasteiger partial charge in [-0.25, -0.2) is 0 Å². The number of Topliss-reactive ketones (excluding diaryl/α,β-unsaturated/α-hetero) is 1. The van der Waals surface area contributed by atoms with E-state index in [1.165, 1.54) is 25.1 Å². The number of hydrogen-bond acceptors (Lipinski definition) is 4. The van der Waals surface area contributed by atoms with Crippen molar-refractivity contribution in [3.8, 4) is 0 Å². The maximum atomic E-state index is 13.3. The van der Waals surface area contributed by atoms with Gasteiger partial charge in [-0.1, -0.05) is 66.5 Å². The van der Waals surface area contributed by atoms with Crippen molar-refractivity contribution >= 4 is 40.8 Å². The van der Waals surface area contributed by atoms with Crippen LogP contribution < -0.4 is 16.0 Å². The highest BCUT2D eigenvalue weighted by Gasteiger charge is 2.38. The van der Waals surface area contributed by atoms with Crippen molar-refractivity contribution in [2.45, 2.75) is 50.5 Å². The van der Waals surface area contributed by atoms with E-state index < -0.39 is 58.9 Å². The molecule has 0 radical (unpaired) electrons. The second-order valence-electron chi connectivity index (χ2n) is 10.6. The third kappa shape index (κ3) is 9.46. The van der Waals surface area contributed by atoms with Crippen LogP contribution in [0.3, 0.4) is 0 Å². The first kappa shape index (κ1) is 36.9. The maximum absolute atomic E-state index is 13.3. The lowest BCUT2D eigenvalue weighted by Gasteiger charge is -2.31. The Morgan fingerprint density at radius 2 is 1.41 bits per heavy atom. The number of alkyl halides is 6. The van der Waals surface area contributed by atoms with Gasteiger partial charge in [-0.2, -0.15) is 26.3 Å². The van der Waals surface area contributed by atoms with Gasteiger partial charge in [-0.15, -0.1) is 0 Å². The SMILES string of the molecule is CCC(CCNCC(=O)NC(CNC(=O)c1cc(C(F)(F)F)cc(C(F)(F)F)c1)c1ccc(Cl)c(Cl)c1)(C(C)=O)c1ccccc1. The van der Waals surface area contributed by atoms with E-state index in [0.29, 0.717) is 37.1 Å². The molecule has 2 amide bonds. The largest absolute Gasteiger partial charge is 0.416 e. The number of amides is 2. The summed E-state index contributed by atoms with van der Waals surface area (Å²) in [7, 11) is 0. The van der Waals surface area contributed by atoms with Gasteiger partial charge in [0.25, 0.3) is 5.91 Å². The minimum atomic E-state index is -5.14. The zero-order valence-corrected chi connectivity index (χ0v) is 26.2. The van der Waals surface area contributed by atoms with Gasteiger partial charge in [0, 0.05) is 12.1 Å². The lowest BCUT2D eigenvalue weighted by atomic mass is 9.72. The number of ketones is 1. The highest BCUT2D eigenvalue weighted by Crippen LogP contribution is 2.36. The predicted octanol–water partition coefficient (Wildman–Crippen LogP) is 7.54. The van der Waals surface area contributed by atoms with Crippen LogP contribution in [0.15, 0.2) is 66.7 Å². The molecule has 0 aliphatic carbocycles. The summed E-state index contributed by atoms with van der Waals surface area (Å²) in [6, 6.07) is 13.1. The number of halogens is 8.